The first-order valence-electron chi connectivity index (χ1n) is 4.72. The third-order valence-corrected chi connectivity index (χ3v) is 2.95. The second kappa shape index (κ2) is 3.06. The van der Waals surface area contributed by atoms with Crippen LogP contribution in [-0.4, -0.2) is 23.3 Å². The van der Waals surface area contributed by atoms with Crippen molar-refractivity contribution in [1.29, 1.82) is 0 Å². The van der Waals surface area contributed by atoms with Gasteiger partial charge in [0.05, 0.1) is 0 Å². The van der Waals surface area contributed by atoms with Crippen LogP contribution in [-0.2, 0) is 4.74 Å². The molecule has 3 unspecified atom stereocenters. The van der Waals surface area contributed by atoms with Crippen LogP contribution in [0.15, 0.2) is 0 Å². The lowest BCUT2D eigenvalue weighted by Crippen LogP contribution is -2.55. The van der Waals surface area contributed by atoms with E-state index < -0.39 is 36.1 Å². The van der Waals surface area contributed by atoms with Crippen molar-refractivity contribution in [3.05, 3.63) is 0 Å². The molecule has 0 aromatic heterocycles. The lowest BCUT2D eigenvalue weighted by molar-refractivity contribution is -0.259. The van der Waals surface area contributed by atoms with Crippen LogP contribution in [0.25, 0.3) is 0 Å². The van der Waals surface area contributed by atoms with Crippen molar-refractivity contribution in [2.45, 2.75) is 56.9 Å². The fraction of sp³-hybridized carbons (Fsp3) is 1.00. The molecule has 3 atom stereocenters. The van der Waals surface area contributed by atoms with E-state index in [0.29, 0.717) is 6.92 Å². The van der Waals surface area contributed by atoms with Crippen LogP contribution in [0.2, 0.25) is 0 Å². The van der Waals surface area contributed by atoms with Gasteiger partial charge < -0.3 is 4.74 Å². The van der Waals surface area contributed by atoms with Crippen molar-refractivity contribution in [2.24, 2.45) is 0 Å². The molecule has 1 aliphatic rings. The molecule has 0 aliphatic carbocycles. The van der Waals surface area contributed by atoms with Crippen molar-refractivity contribution in [2.75, 3.05) is 0 Å². The highest BCUT2D eigenvalue weighted by Gasteiger charge is 2.83. The second-order valence-corrected chi connectivity index (χ2v) is 3.83. The van der Waals surface area contributed by atoms with Crippen LogP contribution in [0.4, 0.5) is 22.0 Å². The molecule has 0 spiro atoms. The number of alkyl halides is 5. The van der Waals surface area contributed by atoms with Gasteiger partial charge in [0, 0.05) is 13.3 Å². The van der Waals surface area contributed by atoms with Gasteiger partial charge in [0.25, 0.3) is 11.7 Å². The molecule has 1 fully saturated rings. The van der Waals surface area contributed by atoms with Crippen LogP contribution < -0.4 is 0 Å². The number of hydrogen-bond acceptors (Lipinski definition) is 1. The summed E-state index contributed by atoms with van der Waals surface area (Å²) in [5.74, 6) is -11.4. The standard InChI is InChI=1S/C9H13F5O/c1-4-7(11)8(12,5-2)15-6(3,10)9(7,13)14/h4-5H2,1-3H3. The fourth-order valence-electron chi connectivity index (χ4n) is 1.88. The molecule has 1 rings (SSSR count). The van der Waals surface area contributed by atoms with Gasteiger partial charge >= 0.3 is 5.92 Å². The first-order chi connectivity index (χ1) is 6.58. The van der Waals surface area contributed by atoms with E-state index >= 15 is 0 Å². The minimum absolute atomic E-state index is 0.341. The molecule has 0 N–H and O–H groups in total. The van der Waals surface area contributed by atoms with E-state index in [4.69, 9.17) is 0 Å². The number of rotatable bonds is 2. The Kier molecular flexibility index (Phi) is 2.58. The third-order valence-electron chi connectivity index (χ3n) is 2.95. The van der Waals surface area contributed by atoms with Gasteiger partial charge in [-0.25, -0.2) is 13.2 Å². The molecule has 1 saturated heterocycles. The topological polar surface area (TPSA) is 9.23 Å². The van der Waals surface area contributed by atoms with Crippen LogP contribution >= 0.6 is 0 Å². The van der Waals surface area contributed by atoms with Crippen molar-refractivity contribution in [3.63, 3.8) is 0 Å². The highest BCUT2D eigenvalue weighted by atomic mass is 19.3. The largest absolute Gasteiger partial charge is 0.344 e. The highest BCUT2D eigenvalue weighted by molar-refractivity contribution is 5.14. The van der Waals surface area contributed by atoms with E-state index in [-0.39, 0.29) is 0 Å². The average molecular weight is 232 g/mol. The number of ether oxygens (including phenoxy) is 1. The second-order valence-electron chi connectivity index (χ2n) is 3.83. The van der Waals surface area contributed by atoms with Crippen molar-refractivity contribution >= 4 is 0 Å². The molecule has 1 nitrogen and oxygen atoms in total. The molecule has 0 bridgehead atoms. The molecule has 0 radical (unpaired) electrons. The lowest BCUT2D eigenvalue weighted by Gasteiger charge is -2.32. The smallest absolute Gasteiger partial charge is 0.300 e. The van der Waals surface area contributed by atoms with Gasteiger partial charge in [-0.15, -0.1) is 0 Å². The Morgan fingerprint density at radius 2 is 1.40 bits per heavy atom. The van der Waals surface area contributed by atoms with E-state index in [1.165, 1.54) is 0 Å². The van der Waals surface area contributed by atoms with Gasteiger partial charge in [-0.3, -0.25) is 0 Å². The average Bonchev–Trinajstić information content (AvgIpc) is 2.23. The zero-order chi connectivity index (χ0) is 12.1. The number of hydrogen-bond donors (Lipinski definition) is 0. The summed E-state index contributed by atoms with van der Waals surface area (Å²) in [6, 6.07) is 0. The Morgan fingerprint density at radius 1 is 0.933 bits per heavy atom. The summed E-state index contributed by atoms with van der Waals surface area (Å²) in [7, 11) is 0. The first-order valence-corrected chi connectivity index (χ1v) is 4.72. The van der Waals surface area contributed by atoms with Gasteiger partial charge in [-0.2, -0.15) is 8.78 Å². The summed E-state index contributed by atoms with van der Waals surface area (Å²) in [6.07, 6.45) is -1.53. The summed E-state index contributed by atoms with van der Waals surface area (Å²) >= 11 is 0. The van der Waals surface area contributed by atoms with Gasteiger partial charge in [0.2, 0.25) is 5.67 Å². The molecule has 0 aromatic rings. The van der Waals surface area contributed by atoms with E-state index in [1.54, 1.807) is 0 Å². The van der Waals surface area contributed by atoms with Crippen LogP contribution in [0, 0.1) is 0 Å². The Labute approximate surface area is 84.6 Å². The van der Waals surface area contributed by atoms with E-state index in [9.17, 15) is 22.0 Å². The minimum atomic E-state index is -4.50. The van der Waals surface area contributed by atoms with Crippen molar-refractivity contribution in [1.82, 2.24) is 0 Å². The molecule has 0 saturated carbocycles. The van der Waals surface area contributed by atoms with Gasteiger partial charge in [-0.05, 0) is 6.42 Å². The Hall–Kier alpha value is -0.390. The Balaban J connectivity index is 3.31. The predicted molar refractivity (Wildman–Crippen MR) is 43.8 cm³/mol. The SMILES string of the molecule is CCC1(F)OC(C)(F)C(F)(F)C1(F)CC. The van der Waals surface area contributed by atoms with Crippen molar-refractivity contribution in [3.8, 4) is 0 Å². The maximum atomic E-state index is 13.9. The molecular formula is C9H13F5O. The van der Waals surface area contributed by atoms with Crippen LogP contribution in [0.3, 0.4) is 0 Å². The number of halogens is 5. The minimum Gasteiger partial charge on any atom is -0.300 e. The van der Waals surface area contributed by atoms with Crippen LogP contribution in [0.5, 0.6) is 0 Å². The summed E-state index contributed by atoms with van der Waals surface area (Å²) in [6.45, 7) is 2.50. The summed E-state index contributed by atoms with van der Waals surface area (Å²) in [5, 5.41) is 0. The molecule has 0 amide bonds. The molecule has 6 heteroatoms. The van der Waals surface area contributed by atoms with E-state index in [1.807, 2.05) is 0 Å². The molecule has 1 heterocycles. The van der Waals surface area contributed by atoms with Gasteiger partial charge in [0.15, 0.2) is 0 Å². The van der Waals surface area contributed by atoms with Gasteiger partial charge in [-0.1, -0.05) is 13.8 Å². The molecular weight excluding hydrogens is 219 g/mol. The first kappa shape index (κ1) is 12.7. The van der Waals surface area contributed by atoms with Gasteiger partial charge in [0.1, 0.15) is 0 Å². The molecule has 90 valence electrons. The fourth-order valence-corrected chi connectivity index (χ4v) is 1.88. The maximum Gasteiger partial charge on any atom is 0.344 e. The highest BCUT2D eigenvalue weighted by Crippen LogP contribution is 2.61. The predicted octanol–water partition coefficient (Wildman–Crippen LogP) is 3.53. The normalized spacial score (nSPS) is 49.6. The quantitative estimate of drug-likeness (QED) is 0.662. The molecule has 1 aliphatic heterocycles. The zero-order valence-corrected chi connectivity index (χ0v) is 8.71. The Morgan fingerprint density at radius 3 is 1.67 bits per heavy atom. The van der Waals surface area contributed by atoms with Crippen LogP contribution in [0.1, 0.15) is 33.6 Å². The van der Waals surface area contributed by atoms with Crippen molar-refractivity contribution < 1.29 is 26.7 Å². The summed E-state index contributed by atoms with van der Waals surface area (Å²) in [5.41, 5.74) is -3.63. The maximum absolute atomic E-state index is 13.9. The zero-order valence-electron chi connectivity index (χ0n) is 8.71. The summed E-state index contributed by atoms with van der Waals surface area (Å²) in [4.78, 5) is 0. The van der Waals surface area contributed by atoms with E-state index in [0.717, 1.165) is 13.8 Å². The van der Waals surface area contributed by atoms with E-state index in [2.05, 4.69) is 4.74 Å². The third kappa shape index (κ3) is 1.23. The lowest BCUT2D eigenvalue weighted by atomic mass is 9.85. The molecule has 0 aromatic carbocycles. The molecule has 15 heavy (non-hydrogen) atoms. The summed E-state index contributed by atoms with van der Waals surface area (Å²) < 4.78 is 71.6. The Bertz CT molecular complexity index is 267. The monoisotopic (exact) mass is 232 g/mol.